The lowest BCUT2D eigenvalue weighted by molar-refractivity contribution is -0.147. The Kier molecular flexibility index (Phi) is 7.96. The minimum Gasteiger partial charge on any atom is -0.461 e. The molecule has 3 atom stereocenters. The van der Waals surface area contributed by atoms with Crippen molar-refractivity contribution in [1.29, 1.82) is 0 Å². The maximum atomic E-state index is 12.4. The molecule has 7 heteroatoms. The quantitative estimate of drug-likeness (QED) is 0.325. The first-order valence-electron chi connectivity index (χ1n) is 9.59. The Morgan fingerprint density at radius 3 is 2.76 bits per heavy atom. The molecule has 1 fully saturated rings. The number of hydrogen-bond acceptors (Lipinski definition) is 7. The third-order valence-corrected chi connectivity index (χ3v) is 4.98. The first-order chi connectivity index (χ1) is 13.7. The molecule has 29 heavy (non-hydrogen) atoms. The molecular formula is C22H28O7. The van der Waals surface area contributed by atoms with Crippen LogP contribution in [-0.4, -0.2) is 48.4 Å². The normalized spacial score (nSPS) is 29.0. The first kappa shape index (κ1) is 22.6. The van der Waals surface area contributed by atoms with E-state index in [-0.39, 0.29) is 24.4 Å². The van der Waals surface area contributed by atoms with Crippen molar-refractivity contribution in [2.45, 2.75) is 52.2 Å². The molecular weight excluding hydrogens is 376 g/mol. The van der Waals surface area contributed by atoms with Crippen LogP contribution < -0.4 is 0 Å². The number of aliphatic hydroxyl groups is 1. The van der Waals surface area contributed by atoms with Crippen LogP contribution >= 0.6 is 0 Å². The third kappa shape index (κ3) is 6.15. The summed E-state index contributed by atoms with van der Waals surface area (Å²) in [6.45, 7) is 8.52. The SMILES string of the molecule is C=C1C(=O)O[C@@H]2/C=C(\COC(C)=O)CC/C=C(\C)C[C@@H](OC(=O)/C(C)=C/CO)[C@@H]12. The summed E-state index contributed by atoms with van der Waals surface area (Å²) in [6.07, 6.45) is 5.67. The standard InChI is InChI=1S/C22H28O7/c1-13-6-5-7-17(12-27-16(4)24)11-19-20(15(3)22(26)29-19)18(10-13)28-21(25)14(2)8-9-23/h6,8,11,18-20,23H,3,5,7,9-10,12H2,1-2,4H3/b13-6+,14-8+,17-11-/t18-,19-,20-/m1/s1. The zero-order chi connectivity index (χ0) is 21.6. The number of carbonyl (C=O) groups excluding carboxylic acids is 3. The predicted octanol–water partition coefficient (Wildman–Crippen LogP) is 2.55. The molecule has 1 heterocycles. The second-order valence-corrected chi connectivity index (χ2v) is 7.33. The van der Waals surface area contributed by atoms with Crippen LogP contribution in [0, 0.1) is 5.92 Å². The average molecular weight is 404 g/mol. The van der Waals surface area contributed by atoms with Crippen LogP contribution in [0.5, 0.6) is 0 Å². The zero-order valence-corrected chi connectivity index (χ0v) is 17.1. The Morgan fingerprint density at radius 2 is 2.10 bits per heavy atom. The molecule has 0 amide bonds. The van der Waals surface area contributed by atoms with E-state index in [0.717, 1.165) is 17.6 Å². The lowest BCUT2D eigenvalue weighted by Gasteiger charge is -2.27. The number of allylic oxidation sites excluding steroid dienone is 1. The van der Waals surface area contributed by atoms with Crippen molar-refractivity contribution < 1.29 is 33.7 Å². The summed E-state index contributed by atoms with van der Waals surface area (Å²) in [5, 5.41) is 9.01. The van der Waals surface area contributed by atoms with E-state index >= 15 is 0 Å². The molecule has 1 saturated heterocycles. The monoisotopic (exact) mass is 404 g/mol. The molecule has 0 spiro atoms. The molecule has 1 aliphatic heterocycles. The number of aliphatic hydroxyl groups excluding tert-OH is 1. The Bertz CT molecular complexity index is 772. The van der Waals surface area contributed by atoms with Gasteiger partial charge in [0.25, 0.3) is 0 Å². The first-order valence-corrected chi connectivity index (χ1v) is 9.59. The van der Waals surface area contributed by atoms with E-state index in [2.05, 4.69) is 6.58 Å². The lowest BCUT2D eigenvalue weighted by Crippen LogP contribution is -2.33. The molecule has 7 nitrogen and oxygen atoms in total. The molecule has 0 bridgehead atoms. The predicted molar refractivity (Wildman–Crippen MR) is 106 cm³/mol. The topological polar surface area (TPSA) is 99.1 Å². The summed E-state index contributed by atoms with van der Waals surface area (Å²) in [4.78, 5) is 35.8. The minimum atomic E-state index is -0.661. The molecule has 1 aliphatic carbocycles. The van der Waals surface area contributed by atoms with E-state index in [9.17, 15) is 14.4 Å². The number of hydrogen-bond donors (Lipinski definition) is 1. The Morgan fingerprint density at radius 1 is 1.38 bits per heavy atom. The van der Waals surface area contributed by atoms with Gasteiger partial charge < -0.3 is 19.3 Å². The largest absolute Gasteiger partial charge is 0.461 e. The van der Waals surface area contributed by atoms with E-state index < -0.39 is 36.0 Å². The fourth-order valence-electron chi connectivity index (χ4n) is 3.41. The van der Waals surface area contributed by atoms with E-state index in [1.165, 1.54) is 13.0 Å². The number of esters is 3. The van der Waals surface area contributed by atoms with Gasteiger partial charge in [-0.25, -0.2) is 9.59 Å². The van der Waals surface area contributed by atoms with Gasteiger partial charge in [0.2, 0.25) is 0 Å². The van der Waals surface area contributed by atoms with Gasteiger partial charge in [0, 0.05) is 24.5 Å². The number of rotatable bonds is 5. The second-order valence-electron chi connectivity index (χ2n) is 7.33. The Labute approximate surface area is 170 Å². The van der Waals surface area contributed by atoms with Crippen molar-refractivity contribution in [1.82, 2.24) is 0 Å². The Hall–Kier alpha value is -2.67. The molecule has 0 radical (unpaired) electrons. The van der Waals surface area contributed by atoms with Crippen molar-refractivity contribution >= 4 is 17.9 Å². The van der Waals surface area contributed by atoms with Crippen molar-refractivity contribution in [2.24, 2.45) is 5.92 Å². The highest BCUT2D eigenvalue weighted by Crippen LogP contribution is 2.36. The van der Waals surface area contributed by atoms with E-state index in [0.29, 0.717) is 12.8 Å². The molecule has 0 aromatic carbocycles. The fraction of sp³-hybridized carbons (Fsp3) is 0.500. The number of fused-ring (bicyclic) bond motifs is 1. The van der Waals surface area contributed by atoms with Crippen molar-refractivity contribution in [3.8, 4) is 0 Å². The molecule has 2 rings (SSSR count). The third-order valence-electron chi connectivity index (χ3n) is 4.98. The second kappa shape index (κ2) is 10.2. The summed E-state index contributed by atoms with van der Waals surface area (Å²) in [5.74, 6) is -2.05. The Balaban J connectivity index is 2.37. The zero-order valence-electron chi connectivity index (χ0n) is 17.1. The number of carbonyl (C=O) groups is 3. The summed E-state index contributed by atoms with van der Waals surface area (Å²) >= 11 is 0. The van der Waals surface area contributed by atoms with Gasteiger partial charge in [0.05, 0.1) is 12.5 Å². The lowest BCUT2D eigenvalue weighted by atomic mass is 9.85. The van der Waals surface area contributed by atoms with Crippen LogP contribution in [0.4, 0.5) is 0 Å². The highest BCUT2D eigenvalue weighted by Gasteiger charge is 2.44. The van der Waals surface area contributed by atoms with Gasteiger partial charge in [-0.15, -0.1) is 0 Å². The average Bonchev–Trinajstić information content (AvgIpc) is 2.92. The van der Waals surface area contributed by atoms with Gasteiger partial charge in [0.1, 0.15) is 18.8 Å². The molecule has 1 N–H and O–H groups in total. The summed E-state index contributed by atoms with van der Waals surface area (Å²) in [6, 6.07) is 0. The fourth-order valence-corrected chi connectivity index (χ4v) is 3.41. The van der Waals surface area contributed by atoms with Crippen LogP contribution in [0.1, 0.15) is 40.0 Å². The van der Waals surface area contributed by atoms with E-state index in [1.54, 1.807) is 13.0 Å². The summed E-state index contributed by atoms with van der Waals surface area (Å²) in [7, 11) is 0. The van der Waals surface area contributed by atoms with Crippen molar-refractivity contribution in [2.75, 3.05) is 13.2 Å². The van der Waals surface area contributed by atoms with Crippen LogP contribution in [-0.2, 0) is 28.6 Å². The maximum Gasteiger partial charge on any atom is 0.334 e. The highest BCUT2D eigenvalue weighted by atomic mass is 16.6. The minimum absolute atomic E-state index is 0.109. The molecule has 0 aromatic heterocycles. The van der Waals surface area contributed by atoms with Gasteiger partial charge >= 0.3 is 17.9 Å². The van der Waals surface area contributed by atoms with Crippen molar-refractivity contribution in [3.63, 3.8) is 0 Å². The van der Waals surface area contributed by atoms with Crippen LogP contribution in [0.25, 0.3) is 0 Å². The number of ether oxygens (including phenoxy) is 3. The molecule has 2 aliphatic rings. The maximum absolute atomic E-state index is 12.4. The van der Waals surface area contributed by atoms with Gasteiger partial charge in [-0.2, -0.15) is 0 Å². The van der Waals surface area contributed by atoms with Crippen molar-refractivity contribution in [3.05, 3.63) is 47.1 Å². The van der Waals surface area contributed by atoms with Crippen LogP contribution in [0.15, 0.2) is 47.1 Å². The van der Waals surface area contributed by atoms with Gasteiger partial charge in [0.15, 0.2) is 0 Å². The van der Waals surface area contributed by atoms with Crippen LogP contribution in [0.2, 0.25) is 0 Å². The van der Waals surface area contributed by atoms with Gasteiger partial charge in [-0.3, -0.25) is 4.79 Å². The summed E-state index contributed by atoms with van der Waals surface area (Å²) in [5.41, 5.74) is 2.36. The van der Waals surface area contributed by atoms with Gasteiger partial charge in [-0.05, 0) is 44.4 Å². The van der Waals surface area contributed by atoms with E-state index in [1.807, 2.05) is 13.0 Å². The molecule has 0 unspecified atom stereocenters. The van der Waals surface area contributed by atoms with Gasteiger partial charge in [-0.1, -0.05) is 18.2 Å². The highest BCUT2D eigenvalue weighted by molar-refractivity contribution is 5.92. The molecule has 158 valence electrons. The smallest absolute Gasteiger partial charge is 0.334 e. The molecule has 0 saturated carbocycles. The molecule has 0 aromatic rings. The van der Waals surface area contributed by atoms with Crippen LogP contribution in [0.3, 0.4) is 0 Å². The summed E-state index contributed by atoms with van der Waals surface area (Å²) < 4.78 is 16.3. The van der Waals surface area contributed by atoms with E-state index in [4.69, 9.17) is 19.3 Å².